The van der Waals surface area contributed by atoms with Crippen LogP contribution in [0.1, 0.15) is 24.8 Å². The van der Waals surface area contributed by atoms with Crippen LogP contribution in [0.4, 0.5) is 13.6 Å². The second-order valence-electron chi connectivity index (χ2n) is 4.34. The second kappa shape index (κ2) is 6.31. The van der Waals surface area contributed by atoms with E-state index in [1.54, 1.807) is 6.07 Å². The first kappa shape index (κ1) is 13.5. The Kier molecular flexibility index (Phi) is 4.48. The molecule has 2 N–H and O–H groups in total. The Hall–Kier alpha value is -1.92. The largest absolute Gasteiger partial charge is 0.417 e. The minimum Gasteiger partial charge on any atom is -0.417 e. The first-order chi connectivity index (χ1) is 9.13. The van der Waals surface area contributed by atoms with Gasteiger partial charge in [0.15, 0.2) is 0 Å². The van der Waals surface area contributed by atoms with Gasteiger partial charge in [0.1, 0.15) is 0 Å². The molecule has 1 saturated carbocycles. The highest BCUT2D eigenvalue weighted by Gasteiger charge is 2.18. The van der Waals surface area contributed by atoms with Crippen LogP contribution < -0.4 is 15.4 Å². The van der Waals surface area contributed by atoms with Crippen LogP contribution in [0, 0.1) is 0 Å². The molecule has 0 spiro atoms. The zero-order chi connectivity index (χ0) is 13.7. The number of nitrogens with zero attached hydrogens (tertiary/aromatic N) is 1. The first-order valence-electron chi connectivity index (χ1n) is 6.07. The standard InChI is InChI=1S/C12H15F2N3O2/c13-11(14)19-10-6-8(4-5-15-10)7-16-12(18)17-9-2-1-3-9/h4-6,9,11H,1-3,7H2,(H2,16,17,18). The van der Waals surface area contributed by atoms with Gasteiger partial charge >= 0.3 is 12.6 Å². The topological polar surface area (TPSA) is 63.2 Å². The number of aromatic nitrogens is 1. The number of hydrogen-bond donors (Lipinski definition) is 2. The van der Waals surface area contributed by atoms with Gasteiger partial charge in [-0.1, -0.05) is 0 Å². The molecule has 0 saturated heterocycles. The number of halogens is 2. The Labute approximate surface area is 109 Å². The highest BCUT2D eigenvalue weighted by Crippen LogP contribution is 2.17. The van der Waals surface area contributed by atoms with E-state index in [9.17, 15) is 13.6 Å². The van der Waals surface area contributed by atoms with Crippen molar-refractivity contribution in [3.05, 3.63) is 23.9 Å². The lowest BCUT2D eigenvalue weighted by Crippen LogP contribution is -2.44. The van der Waals surface area contributed by atoms with Gasteiger partial charge in [-0.2, -0.15) is 8.78 Å². The van der Waals surface area contributed by atoms with Crippen LogP contribution in [0.3, 0.4) is 0 Å². The predicted octanol–water partition coefficient (Wildman–Crippen LogP) is 2.03. The third-order valence-electron chi connectivity index (χ3n) is 2.90. The van der Waals surface area contributed by atoms with Crippen molar-refractivity contribution >= 4 is 6.03 Å². The molecule has 7 heteroatoms. The van der Waals surface area contributed by atoms with Crippen molar-refractivity contribution in [2.45, 2.75) is 38.5 Å². The maximum absolute atomic E-state index is 12.0. The summed E-state index contributed by atoms with van der Waals surface area (Å²) in [7, 11) is 0. The summed E-state index contributed by atoms with van der Waals surface area (Å²) in [6.07, 6.45) is 4.52. The predicted molar refractivity (Wildman–Crippen MR) is 63.9 cm³/mol. The molecular weight excluding hydrogens is 256 g/mol. The van der Waals surface area contributed by atoms with E-state index in [1.807, 2.05) is 0 Å². The van der Waals surface area contributed by atoms with Crippen molar-refractivity contribution in [1.29, 1.82) is 0 Å². The third kappa shape index (κ3) is 4.35. The van der Waals surface area contributed by atoms with E-state index in [2.05, 4.69) is 20.4 Å². The van der Waals surface area contributed by atoms with Gasteiger partial charge in [0.25, 0.3) is 0 Å². The summed E-state index contributed by atoms with van der Waals surface area (Å²) in [4.78, 5) is 15.1. The molecule has 2 rings (SSSR count). The number of pyridine rings is 1. The summed E-state index contributed by atoms with van der Waals surface area (Å²) in [5, 5.41) is 5.47. The number of rotatable bonds is 5. The highest BCUT2D eigenvalue weighted by atomic mass is 19.3. The Bertz CT molecular complexity index is 439. The number of hydrogen-bond acceptors (Lipinski definition) is 3. The van der Waals surface area contributed by atoms with E-state index in [0.717, 1.165) is 19.3 Å². The van der Waals surface area contributed by atoms with Crippen LogP contribution in [0.15, 0.2) is 18.3 Å². The number of ether oxygens (including phenoxy) is 1. The van der Waals surface area contributed by atoms with Crippen molar-refractivity contribution in [3.63, 3.8) is 0 Å². The maximum Gasteiger partial charge on any atom is 0.388 e. The molecule has 1 aromatic rings. The van der Waals surface area contributed by atoms with Crippen molar-refractivity contribution in [3.8, 4) is 5.88 Å². The van der Waals surface area contributed by atoms with Gasteiger partial charge in [-0.15, -0.1) is 0 Å². The van der Waals surface area contributed by atoms with Crippen molar-refractivity contribution in [2.24, 2.45) is 0 Å². The van der Waals surface area contributed by atoms with Gasteiger partial charge in [0.2, 0.25) is 5.88 Å². The Balaban J connectivity index is 1.79. The zero-order valence-corrected chi connectivity index (χ0v) is 10.2. The molecular formula is C12H15F2N3O2. The summed E-state index contributed by atoms with van der Waals surface area (Å²) in [6.45, 7) is -2.67. The number of carbonyl (C=O) groups is 1. The van der Waals surface area contributed by atoms with Crippen LogP contribution in [-0.2, 0) is 6.54 Å². The Morgan fingerprint density at radius 3 is 2.95 bits per heavy atom. The summed E-state index contributed by atoms with van der Waals surface area (Å²) in [5.74, 6) is -0.159. The first-order valence-corrected chi connectivity index (χ1v) is 6.07. The van der Waals surface area contributed by atoms with Crippen molar-refractivity contribution in [2.75, 3.05) is 0 Å². The molecule has 0 bridgehead atoms. The molecule has 0 atom stereocenters. The van der Waals surface area contributed by atoms with Crippen molar-refractivity contribution in [1.82, 2.24) is 15.6 Å². The maximum atomic E-state index is 12.0. The monoisotopic (exact) mass is 271 g/mol. The molecule has 0 aromatic carbocycles. The number of amides is 2. The number of alkyl halides is 2. The average molecular weight is 271 g/mol. The summed E-state index contributed by atoms with van der Waals surface area (Å²) in [6, 6.07) is 3.01. The molecule has 19 heavy (non-hydrogen) atoms. The molecule has 1 fully saturated rings. The fourth-order valence-corrected chi connectivity index (χ4v) is 1.69. The molecule has 0 aliphatic heterocycles. The summed E-state index contributed by atoms with van der Waals surface area (Å²) >= 11 is 0. The smallest absolute Gasteiger partial charge is 0.388 e. The molecule has 1 aliphatic carbocycles. The molecule has 5 nitrogen and oxygen atoms in total. The lowest BCUT2D eigenvalue weighted by Gasteiger charge is -2.26. The van der Waals surface area contributed by atoms with Gasteiger partial charge in [0, 0.05) is 24.8 Å². The lowest BCUT2D eigenvalue weighted by molar-refractivity contribution is -0.0528. The number of carbonyl (C=O) groups excluding carboxylic acids is 1. The second-order valence-corrected chi connectivity index (χ2v) is 4.34. The Morgan fingerprint density at radius 2 is 2.32 bits per heavy atom. The number of urea groups is 1. The van der Waals surface area contributed by atoms with Crippen LogP contribution in [-0.4, -0.2) is 23.7 Å². The zero-order valence-electron chi connectivity index (χ0n) is 10.2. The quantitative estimate of drug-likeness (QED) is 0.861. The fraction of sp³-hybridized carbons (Fsp3) is 0.500. The van der Waals surface area contributed by atoms with E-state index in [1.165, 1.54) is 12.3 Å². The number of nitrogens with one attached hydrogen (secondary N) is 2. The molecule has 2 amide bonds. The van der Waals surface area contributed by atoms with Gasteiger partial charge < -0.3 is 15.4 Å². The minimum absolute atomic E-state index is 0.159. The molecule has 1 aromatic heterocycles. The van der Waals surface area contributed by atoms with Crippen LogP contribution in [0.2, 0.25) is 0 Å². The van der Waals surface area contributed by atoms with Gasteiger partial charge in [-0.3, -0.25) is 0 Å². The average Bonchev–Trinajstić information content (AvgIpc) is 2.31. The van der Waals surface area contributed by atoms with E-state index < -0.39 is 6.61 Å². The highest BCUT2D eigenvalue weighted by molar-refractivity contribution is 5.74. The lowest BCUT2D eigenvalue weighted by atomic mass is 9.93. The summed E-state index contributed by atoms with van der Waals surface area (Å²) in [5.41, 5.74) is 0.648. The van der Waals surface area contributed by atoms with E-state index >= 15 is 0 Å². The molecule has 1 heterocycles. The SMILES string of the molecule is O=C(NCc1ccnc(OC(F)F)c1)NC1CCC1. The van der Waals surface area contributed by atoms with Crippen LogP contribution >= 0.6 is 0 Å². The van der Waals surface area contributed by atoms with E-state index in [0.29, 0.717) is 5.56 Å². The molecule has 104 valence electrons. The van der Waals surface area contributed by atoms with E-state index in [4.69, 9.17) is 0 Å². The molecule has 1 aliphatic rings. The van der Waals surface area contributed by atoms with Gasteiger partial charge in [-0.05, 0) is 30.9 Å². The summed E-state index contributed by atoms with van der Waals surface area (Å²) < 4.78 is 28.2. The van der Waals surface area contributed by atoms with Gasteiger partial charge in [-0.25, -0.2) is 9.78 Å². The molecule has 0 radical (unpaired) electrons. The van der Waals surface area contributed by atoms with E-state index in [-0.39, 0.29) is 24.5 Å². The van der Waals surface area contributed by atoms with Crippen LogP contribution in [0.25, 0.3) is 0 Å². The van der Waals surface area contributed by atoms with Crippen molar-refractivity contribution < 1.29 is 18.3 Å². The van der Waals surface area contributed by atoms with Gasteiger partial charge in [0.05, 0.1) is 0 Å². The normalized spacial score (nSPS) is 14.9. The fourth-order valence-electron chi connectivity index (χ4n) is 1.69. The Morgan fingerprint density at radius 1 is 1.53 bits per heavy atom. The molecule has 0 unspecified atom stereocenters. The third-order valence-corrected chi connectivity index (χ3v) is 2.90. The minimum atomic E-state index is -2.90. The van der Waals surface area contributed by atoms with Crippen LogP contribution in [0.5, 0.6) is 5.88 Å².